The van der Waals surface area contributed by atoms with Gasteiger partial charge in [0.2, 0.25) is 71.5 Å². The molecule has 5 rings (SSSR count). The number of esters is 3. The molecule has 16 N–H and O–H groups in total. The van der Waals surface area contributed by atoms with Crippen LogP contribution in [-0.2, 0) is 136 Å². The maximum Gasteiger partial charge on any atom is 0.399 e. The molecule has 0 saturated carbocycles. The van der Waals surface area contributed by atoms with Crippen molar-refractivity contribution in [2.45, 2.75) is 27.2 Å². The van der Waals surface area contributed by atoms with Crippen LogP contribution >= 0.6 is 132 Å². The Labute approximate surface area is 752 Å². The number of nitrogen functional groups attached to an aromatic ring is 8. The summed E-state index contributed by atoms with van der Waals surface area (Å²) in [6.45, 7) is -4.00. The van der Waals surface area contributed by atoms with Crippen molar-refractivity contribution in [2.75, 3.05) is 159 Å². The highest BCUT2D eigenvalue weighted by molar-refractivity contribution is 8.54. The highest BCUT2D eigenvalue weighted by Crippen LogP contribution is 2.79. The van der Waals surface area contributed by atoms with Gasteiger partial charge in [0.05, 0.1) is 41.6 Å². The van der Waals surface area contributed by atoms with Crippen LogP contribution in [0.3, 0.4) is 0 Å². The summed E-state index contributed by atoms with van der Waals surface area (Å²) >= 11 is 5.74. The number of methoxy groups -OCH3 is 1. The minimum Gasteiger partial charge on any atom is -0.481 e. The van der Waals surface area contributed by atoms with E-state index in [1.54, 1.807) is 24.3 Å². The third-order valence-electron chi connectivity index (χ3n) is 11.8. The minimum atomic E-state index is -3.15. The van der Waals surface area contributed by atoms with Gasteiger partial charge in [-0.3, -0.25) is 42.7 Å². The molecule has 0 aliphatic carbocycles. The van der Waals surface area contributed by atoms with Gasteiger partial charge in [-0.25, -0.2) is 43.2 Å². The summed E-state index contributed by atoms with van der Waals surface area (Å²) in [5, 5.41) is 0.123. The molecule has 69 heteroatoms. The van der Waals surface area contributed by atoms with Crippen molar-refractivity contribution < 1.29 is 164 Å². The molecule has 5 aromatic rings. The Bertz CT molecular complexity index is 4470. The number of allylic oxidation sites excluding steroid dienone is 4. The maximum atomic E-state index is 12.7. The molecule has 10 unspecified atom stereocenters. The SMILES string of the molecule is CC(=O)OC/C(=C\CP(=O)(POC=O)POC=O)COc1cc(N)nc(N)n1.CC(=O)OC/C(=C\C[P+](=O)POC=O)COc1cc(Cl)nc(N)n1.COOPP(=O)(/C=C/COc1cc(N)nc(N)n1)POOC.COOPP(=O)(CC/C=C/COc1cc(N)nc(N)n1)POOC.COc1cc(OC/C(=C/C[P+](=O)POC=O)COC(C)=O)nc(N)n1.[2H]P=O.[2H]P=O. The molecule has 0 aliphatic rings. The molecule has 0 fully saturated rings. The number of hydrogen-bond donors (Lipinski definition) is 8. The van der Waals surface area contributed by atoms with E-state index in [-0.39, 0.29) is 196 Å². The van der Waals surface area contributed by atoms with E-state index < -0.39 is 122 Å². The van der Waals surface area contributed by atoms with E-state index in [4.69, 9.17) is 130 Å². The first-order valence-corrected chi connectivity index (χ1v) is 57.1. The smallest absolute Gasteiger partial charge is 0.399 e. The zero-order valence-electron chi connectivity index (χ0n) is 69.8. The van der Waals surface area contributed by atoms with Gasteiger partial charge >= 0.3 is 49.9 Å². The molecule has 10 atom stereocenters. The van der Waals surface area contributed by atoms with Crippen LogP contribution in [-0.4, -0.2) is 209 Å². The monoisotopic (exact) mass is 2100 g/mol. The first kappa shape index (κ1) is 117. The number of ether oxygens (including phenoxy) is 9. The Kier molecular flexibility index (Phi) is 69.0. The summed E-state index contributed by atoms with van der Waals surface area (Å²) in [5.74, 6) is 1.63. The molecule has 704 valence electrons. The van der Waals surface area contributed by atoms with Crippen molar-refractivity contribution in [1.82, 2.24) is 49.8 Å². The summed E-state index contributed by atoms with van der Waals surface area (Å²) < 4.78 is 173. The second-order valence-electron chi connectivity index (χ2n) is 21.3. The average molecular weight is 2100 g/mol. The first-order chi connectivity index (χ1) is 61.4. The molecular weight excluding hydrogens is 2010 g/mol. The fraction of sp³-hybridized carbons (Fsp3) is 0.362. The molecule has 0 aromatic carbocycles. The largest absolute Gasteiger partial charge is 0.481 e. The van der Waals surface area contributed by atoms with Gasteiger partial charge in [0.25, 0.3) is 25.9 Å². The van der Waals surface area contributed by atoms with Gasteiger partial charge < -0.3 is 120 Å². The van der Waals surface area contributed by atoms with Gasteiger partial charge in [-0.2, -0.15) is 44.9 Å². The van der Waals surface area contributed by atoms with Gasteiger partial charge in [0, 0.05) is 74.1 Å². The number of rotatable bonds is 56. The molecule has 0 spiro atoms. The van der Waals surface area contributed by atoms with E-state index in [0.29, 0.717) is 35.2 Å². The zero-order valence-corrected chi connectivity index (χ0v) is 82.8. The maximum absolute atomic E-state index is 12.7. The van der Waals surface area contributed by atoms with E-state index in [0.717, 1.165) is 0 Å². The number of carbonyl (C=O) groups excluding carboxylic acids is 7. The lowest BCUT2D eigenvalue weighted by Gasteiger charge is -2.14. The highest BCUT2D eigenvalue weighted by atomic mass is 35.5. The van der Waals surface area contributed by atoms with Crippen LogP contribution in [0.4, 0.5) is 47.2 Å². The van der Waals surface area contributed by atoms with Crippen molar-refractivity contribution in [1.29, 1.82) is 2.56 Å². The molecular formula is C58H92ClN18O35P15+2. The predicted octanol–water partition coefficient (Wildman–Crippen LogP) is 10.3. The number of aromatic nitrogens is 10. The number of halogens is 1. The fourth-order valence-corrected chi connectivity index (χ4v) is 24.1. The average Bonchev–Trinajstić information content (AvgIpc) is 0.892. The van der Waals surface area contributed by atoms with Crippen LogP contribution in [0.25, 0.3) is 0 Å². The quantitative estimate of drug-likeness (QED) is 0.00262. The summed E-state index contributed by atoms with van der Waals surface area (Å²) in [6.07, 6.45) is 11.1. The topological polar surface area (TPSA) is 770 Å². The van der Waals surface area contributed by atoms with E-state index in [1.165, 1.54) is 98.5 Å². The molecule has 127 heavy (non-hydrogen) atoms. The molecule has 0 aliphatic heterocycles. The number of carbonyl (C=O) groups is 7. The van der Waals surface area contributed by atoms with E-state index in [9.17, 15) is 56.4 Å². The van der Waals surface area contributed by atoms with Gasteiger partial charge in [-0.05, 0) is 30.5 Å². The molecule has 53 nitrogen and oxygen atoms in total. The second-order valence-corrected chi connectivity index (χ2v) is 56.4. The number of nitrogens with zero attached hydrogens (tertiary/aromatic N) is 10. The van der Waals surface area contributed by atoms with Gasteiger partial charge in [-0.15, -0.1) is 0 Å². The van der Waals surface area contributed by atoms with Crippen molar-refractivity contribution in [3.8, 4) is 35.3 Å². The Morgan fingerprint density at radius 2 is 0.780 bits per heavy atom. The van der Waals surface area contributed by atoms with E-state index in [2.05, 4.69) is 87.5 Å². The standard InChI is InChI=1S/C13H19N4O8P3.C13H18N3O7P2.C12H15ClN3O6P2.C11H21N4O6P3.C9H17N4O6P3.2HOP/c1-9(20)22-5-10(6-23-12-4-11(14)16-13(15)17-12)2-3-28(21,26-24-7-18)27-25-8-19;1-9(18)21-6-10(3-4-25(19)24-23-8-17)7-22-12-5-11(20-2)15-13(14)16-12;1-8(18)20-5-9(2-3-24(19)23-22-7-17)6-21-11-4-10(13)15-12(14)16-11;1-17-20-22-24(16,23-21-18-2)7-5-3-4-6-19-10-8-9(12)14-11(13)15-10;1-15-18-20-22(14,21-19-16-2)5-3-4-17-8-6-7(10)12-9(11)13-8;2*1-2/h2,4,7-8,26-27H,3,5-6H2,1H3,(H4,14,15,16,17);3,5,8,24H,4,6-7H2,1-2H3,(H2,14,15,16);2,4,7,23H,3,5-6H2,1H3,(H2,14,15,16);3-4,8,22-23H,5-7H2,1-2H3,(H4,12,13,14,15);3,5-6,20-21H,4H2,1-2H3,(H4,10,11,12,13);2*2H/q;2*+1;;;;/b10-2+;10-3+;9-2+;4-3+;5-3+;;/i;;;;;2*2D. The van der Waals surface area contributed by atoms with Gasteiger partial charge in [0.15, 0.2) is 25.4 Å². The Morgan fingerprint density at radius 3 is 1.14 bits per heavy atom. The van der Waals surface area contributed by atoms with Crippen molar-refractivity contribution in [3.63, 3.8) is 0 Å². The summed E-state index contributed by atoms with van der Waals surface area (Å²) in [6, 6.07) is 7.07. The molecule has 0 radical (unpaired) electrons. The molecule has 0 bridgehead atoms. The normalized spacial score (nSPS) is 13.5. The lowest BCUT2D eigenvalue weighted by atomic mass is 10.3. The van der Waals surface area contributed by atoms with Crippen LogP contribution in [0, 0.1) is 0 Å². The fourth-order valence-electron chi connectivity index (χ4n) is 6.95. The predicted molar refractivity (Wildman–Crippen MR) is 485 cm³/mol. The molecule has 0 amide bonds. The second kappa shape index (κ2) is 74.8. The zero-order chi connectivity index (χ0) is 97.3. The van der Waals surface area contributed by atoms with Crippen molar-refractivity contribution in [2.24, 2.45) is 0 Å². The number of nitrogens with two attached hydrogens (primary N) is 8. The molecule has 0 saturated heterocycles. The first-order valence-electron chi connectivity index (χ1n) is 34.4. The summed E-state index contributed by atoms with van der Waals surface area (Å²) in [4.78, 5) is 130. The molecule has 5 heterocycles. The van der Waals surface area contributed by atoms with E-state index >= 15 is 0 Å². The van der Waals surface area contributed by atoms with Gasteiger partial charge in [-0.1, -0.05) is 39.0 Å². The summed E-state index contributed by atoms with van der Waals surface area (Å²) in [5.41, 5.74) is 45.5. The van der Waals surface area contributed by atoms with Crippen LogP contribution in [0.15, 0.2) is 89.3 Å². The van der Waals surface area contributed by atoms with Crippen LogP contribution in [0.2, 0.25) is 5.15 Å². The third kappa shape index (κ3) is 65.3. The van der Waals surface area contributed by atoms with E-state index in [1.807, 2.05) is 6.08 Å². The Hall–Kier alpha value is -7.91. The van der Waals surface area contributed by atoms with Crippen LogP contribution < -0.4 is 74.3 Å². The highest BCUT2D eigenvalue weighted by Gasteiger charge is 2.27. The third-order valence-corrected chi connectivity index (χ3v) is 37.1. The van der Waals surface area contributed by atoms with Crippen molar-refractivity contribution >= 4 is 223 Å². The number of hydrogen-bond acceptors (Lipinski definition) is 53. The summed E-state index contributed by atoms with van der Waals surface area (Å²) in [7, 11) is -1.45. The molecule has 5 aromatic heterocycles. The van der Waals surface area contributed by atoms with Crippen molar-refractivity contribution in [3.05, 3.63) is 94.5 Å². The number of anilines is 8. The lowest BCUT2D eigenvalue weighted by Crippen LogP contribution is -2.12. The van der Waals surface area contributed by atoms with Crippen LogP contribution in [0.5, 0.6) is 35.3 Å². The van der Waals surface area contributed by atoms with Gasteiger partial charge in [0.1, 0.15) is 147 Å². The van der Waals surface area contributed by atoms with Crippen LogP contribution in [0.1, 0.15) is 27.2 Å². The Morgan fingerprint density at radius 1 is 0.441 bits per heavy atom. The minimum absolute atomic E-state index is 0.00889. The lowest BCUT2D eigenvalue weighted by molar-refractivity contribution is -0.165. The Balaban J connectivity index is 0.